The molecular weight excluding hydrogens is 338 g/mol. The molecule has 0 spiro atoms. The molecule has 0 fully saturated rings. The highest BCUT2D eigenvalue weighted by atomic mass is 16.2. The molecule has 0 aliphatic rings. The van der Waals surface area contributed by atoms with E-state index in [4.69, 9.17) is 0 Å². The Morgan fingerprint density at radius 2 is 1.67 bits per heavy atom. The van der Waals surface area contributed by atoms with Crippen molar-refractivity contribution in [3.63, 3.8) is 0 Å². The van der Waals surface area contributed by atoms with E-state index in [1.807, 2.05) is 80.5 Å². The van der Waals surface area contributed by atoms with Crippen LogP contribution >= 0.6 is 0 Å². The first kappa shape index (κ1) is 18.4. The Balaban J connectivity index is 1.79. The summed E-state index contributed by atoms with van der Waals surface area (Å²) in [6.07, 6.45) is 1.59. The van der Waals surface area contributed by atoms with Crippen LogP contribution in [0.5, 0.6) is 0 Å². The maximum atomic E-state index is 12.9. The second-order valence-electron chi connectivity index (χ2n) is 6.22. The van der Waals surface area contributed by atoms with Crippen LogP contribution in [0.3, 0.4) is 0 Å². The van der Waals surface area contributed by atoms with E-state index >= 15 is 0 Å². The normalized spacial score (nSPS) is 10.3. The van der Waals surface area contributed by atoms with Gasteiger partial charge in [0.1, 0.15) is 5.69 Å². The molecule has 0 aliphatic carbocycles. The number of carbonyl (C=O) groups is 1. The van der Waals surface area contributed by atoms with E-state index in [-0.39, 0.29) is 5.91 Å². The van der Waals surface area contributed by atoms with E-state index in [2.05, 4.69) is 15.3 Å². The van der Waals surface area contributed by atoms with E-state index in [0.717, 1.165) is 17.1 Å². The number of para-hydroxylation sites is 1. The molecule has 3 aromatic rings. The minimum atomic E-state index is -0.155. The summed E-state index contributed by atoms with van der Waals surface area (Å²) in [7, 11) is 3.99. The summed E-state index contributed by atoms with van der Waals surface area (Å²) in [4.78, 5) is 25.3. The smallest absolute Gasteiger partial charge is 0.277 e. The van der Waals surface area contributed by atoms with Gasteiger partial charge in [-0.15, -0.1) is 0 Å². The fraction of sp³-hybridized carbons (Fsp3) is 0.190. The summed E-state index contributed by atoms with van der Waals surface area (Å²) in [5, 5.41) is 3.15. The summed E-state index contributed by atoms with van der Waals surface area (Å²) < 4.78 is 0. The molecule has 1 amide bonds. The highest BCUT2D eigenvalue weighted by Gasteiger charge is 2.18. The number of aromatic nitrogens is 2. The van der Waals surface area contributed by atoms with Crippen molar-refractivity contribution in [2.75, 3.05) is 35.8 Å². The van der Waals surface area contributed by atoms with Crippen molar-refractivity contribution in [1.29, 1.82) is 0 Å². The summed E-state index contributed by atoms with van der Waals surface area (Å²) in [6, 6.07) is 19.1. The fourth-order valence-electron chi connectivity index (χ4n) is 2.70. The lowest BCUT2D eigenvalue weighted by Crippen LogP contribution is -2.31. The molecule has 0 unspecified atom stereocenters. The quantitative estimate of drug-likeness (QED) is 0.720. The van der Waals surface area contributed by atoms with Crippen molar-refractivity contribution in [1.82, 2.24) is 9.97 Å². The van der Waals surface area contributed by atoms with E-state index in [1.165, 1.54) is 0 Å². The van der Waals surface area contributed by atoms with Crippen LogP contribution in [0, 0.1) is 0 Å². The van der Waals surface area contributed by atoms with Gasteiger partial charge in [0.15, 0.2) is 0 Å². The molecule has 2 aromatic carbocycles. The van der Waals surface area contributed by atoms with Crippen LogP contribution in [0.2, 0.25) is 0 Å². The second kappa shape index (κ2) is 8.31. The summed E-state index contributed by atoms with van der Waals surface area (Å²) >= 11 is 0. The standard InChI is InChI=1S/C21H23N5O/c1-4-26(18-8-6-5-7-9-18)20(27)19-14-15-22-21(24-19)23-16-10-12-17(13-11-16)25(2)3/h5-15H,4H2,1-3H3,(H,22,23,24). The van der Waals surface area contributed by atoms with Crippen molar-refractivity contribution >= 4 is 28.9 Å². The average molecular weight is 361 g/mol. The largest absolute Gasteiger partial charge is 0.378 e. The molecule has 1 N–H and O–H groups in total. The zero-order chi connectivity index (χ0) is 19.2. The van der Waals surface area contributed by atoms with Gasteiger partial charge in [-0.1, -0.05) is 18.2 Å². The van der Waals surface area contributed by atoms with Crippen LogP contribution < -0.4 is 15.1 Å². The van der Waals surface area contributed by atoms with Crippen molar-refractivity contribution in [3.05, 3.63) is 72.6 Å². The third-order valence-corrected chi connectivity index (χ3v) is 4.14. The number of hydrogen-bond donors (Lipinski definition) is 1. The Kier molecular flexibility index (Phi) is 5.66. The molecule has 0 aliphatic heterocycles. The van der Waals surface area contributed by atoms with Gasteiger partial charge in [0.05, 0.1) is 0 Å². The summed E-state index contributed by atoms with van der Waals surface area (Å²) in [5.74, 6) is 0.236. The van der Waals surface area contributed by atoms with Gasteiger partial charge in [-0.05, 0) is 49.4 Å². The highest BCUT2D eigenvalue weighted by molar-refractivity contribution is 6.04. The van der Waals surface area contributed by atoms with Crippen LogP contribution in [0.4, 0.5) is 23.0 Å². The van der Waals surface area contributed by atoms with Gasteiger partial charge in [0.2, 0.25) is 5.95 Å². The first-order valence-electron chi connectivity index (χ1n) is 8.83. The minimum absolute atomic E-state index is 0.155. The maximum absolute atomic E-state index is 12.9. The third-order valence-electron chi connectivity index (χ3n) is 4.14. The highest BCUT2D eigenvalue weighted by Crippen LogP contribution is 2.19. The first-order valence-corrected chi connectivity index (χ1v) is 8.83. The van der Waals surface area contributed by atoms with Gasteiger partial charge in [0.25, 0.3) is 5.91 Å². The van der Waals surface area contributed by atoms with Gasteiger partial charge in [-0.2, -0.15) is 0 Å². The topological polar surface area (TPSA) is 61.4 Å². The zero-order valence-electron chi connectivity index (χ0n) is 15.8. The van der Waals surface area contributed by atoms with Crippen molar-refractivity contribution in [2.24, 2.45) is 0 Å². The number of benzene rings is 2. The molecular formula is C21H23N5O. The van der Waals surface area contributed by atoms with E-state index in [0.29, 0.717) is 18.2 Å². The number of amides is 1. The Labute approximate surface area is 159 Å². The lowest BCUT2D eigenvalue weighted by Gasteiger charge is -2.20. The molecule has 0 atom stereocenters. The number of nitrogens with zero attached hydrogens (tertiary/aromatic N) is 4. The molecule has 1 heterocycles. The van der Waals surface area contributed by atoms with Crippen molar-refractivity contribution < 1.29 is 4.79 Å². The van der Waals surface area contributed by atoms with Crippen LogP contribution in [0.25, 0.3) is 0 Å². The van der Waals surface area contributed by atoms with Crippen molar-refractivity contribution in [3.8, 4) is 0 Å². The molecule has 3 rings (SSSR count). The monoisotopic (exact) mass is 361 g/mol. The van der Waals surface area contributed by atoms with Crippen LogP contribution in [0.15, 0.2) is 66.9 Å². The summed E-state index contributed by atoms with van der Waals surface area (Å²) in [6.45, 7) is 2.50. The summed E-state index contributed by atoms with van der Waals surface area (Å²) in [5.41, 5.74) is 3.16. The number of rotatable bonds is 6. The molecule has 138 valence electrons. The van der Waals surface area contributed by atoms with Gasteiger partial charge in [-0.25, -0.2) is 9.97 Å². The Morgan fingerprint density at radius 3 is 2.30 bits per heavy atom. The third kappa shape index (κ3) is 4.41. The van der Waals surface area contributed by atoms with E-state index < -0.39 is 0 Å². The van der Waals surface area contributed by atoms with Crippen LogP contribution in [0.1, 0.15) is 17.4 Å². The van der Waals surface area contributed by atoms with Crippen LogP contribution in [-0.4, -0.2) is 36.5 Å². The predicted molar refractivity (Wildman–Crippen MR) is 110 cm³/mol. The molecule has 0 saturated carbocycles. The molecule has 0 saturated heterocycles. The molecule has 6 heteroatoms. The average Bonchev–Trinajstić information content (AvgIpc) is 2.70. The van der Waals surface area contributed by atoms with Gasteiger partial charge < -0.3 is 15.1 Å². The van der Waals surface area contributed by atoms with Crippen LogP contribution in [-0.2, 0) is 0 Å². The molecule has 0 bridgehead atoms. The molecule has 6 nitrogen and oxygen atoms in total. The second-order valence-corrected chi connectivity index (χ2v) is 6.22. The number of carbonyl (C=O) groups excluding carboxylic acids is 1. The maximum Gasteiger partial charge on any atom is 0.277 e. The fourth-order valence-corrected chi connectivity index (χ4v) is 2.70. The number of hydrogen-bond acceptors (Lipinski definition) is 5. The Bertz CT molecular complexity index is 894. The molecule has 0 radical (unpaired) electrons. The van der Waals surface area contributed by atoms with E-state index in [1.54, 1.807) is 17.2 Å². The molecule has 1 aromatic heterocycles. The zero-order valence-corrected chi connectivity index (χ0v) is 15.8. The lowest BCUT2D eigenvalue weighted by atomic mass is 10.2. The van der Waals surface area contributed by atoms with Gasteiger partial charge >= 0.3 is 0 Å². The molecule has 27 heavy (non-hydrogen) atoms. The Morgan fingerprint density at radius 1 is 0.963 bits per heavy atom. The van der Waals surface area contributed by atoms with Gasteiger partial charge in [-0.3, -0.25) is 4.79 Å². The van der Waals surface area contributed by atoms with E-state index in [9.17, 15) is 4.79 Å². The predicted octanol–water partition coefficient (Wildman–Crippen LogP) is 3.95. The first-order chi connectivity index (χ1) is 13.1. The van der Waals surface area contributed by atoms with Crippen molar-refractivity contribution in [2.45, 2.75) is 6.92 Å². The number of nitrogens with one attached hydrogen (secondary N) is 1. The van der Waals surface area contributed by atoms with Gasteiger partial charge in [0, 0.05) is 43.9 Å². The minimum Gasteiger partial charge on any atom is -0.378 e. The SMILES string of the molecule is CCN(C(=O)c1ccnc(Nc2ccc(N(C)C)cc2)n1)c1ccccc1. The number of anilines is 4. The lowest BCUT2D eigenvalue weighted by molar-refractivity contribution is 0.0983. The Hall–Kier alpha value is -3.41.